The summed E-state index contributed by atoms with van der Waals surface area (Å²) < 4.78 is 4.94. The number of hydrogen-bond donors (Lipinski definition) is 1. The molecule has 10 heteroatoms. The number of fused-ring (bicyclic) bond motifs is 1. The normalized spacial score (nSPS) is 13.6. The Morgan fingerprint density at radius 1 is 1.13 bits per heavy atom. The first kappa shape index (κ1) is 20.6. The van der Waals surface area contributed by atoms with Gasteiger partial charge in [-0.2, -0.15) is 0 Å². The molecule has 1 aliphatic rings. The number of carbonyl (C=O) groups is 4. The summed E-state index contributed by atoms with van der Waals surface area (Å²) in [6, 6.07) is 8.90. The summed E-state index contributed by atoms with van der Waals surface area (Å²) in [5, 5.41) is 13.2. The van der Waals surface area contributed by atoms with Crippen LogP contribution in [0.1, 0.15) is 33.2 Å². The molecule has 0 aliphatic carbocycles. The van der Waals surface area contributed by atoms with Gasteiger partial charge in [-0.3, -0.25) is 29.4 Å². The average Bonchev–Trinajstić information content (AvgIpc) is 2.97. The van der Waals surface area contributed by atoms with E-state index < -0.39 is 41.3 Å². The van der Waals surface area contributed by atoms with Gasteiger partial charge in [-0.05, 0) is 37.6 Å². The Morgan fingerprint density at radius 3 is 2.27 bits per heavy atom. The van der Waals surface area contributed by atoms with Crippen LogP contribution in [-0.2, 0) is 14.3 Å². The van der Waals surface area contributed by atoms with Crippen LogP contribution in [0, 0.1) is 17.0 Å². The number of nitro benzene ring substituents is 1. The minimum Gasteiger partial charge on any atom is -0.454 e. The van der Waals surface area contributed by atoms with Gasteiger partial charge >= 0.3 is 5.97 Å². The maximum atomic E-state index is 12.4. The Morgan fingerprint density at radius 2 is 1.73 bits per heavy atom. The second-order valence-corrected chi connectivity index (χ2v) is 6.61. The van der Waals surface area contributed by atoms with Crippen LogP contribution in [0.25, 0.3) is 0 Å². The van der Waals surface area contributed by atoms with E-state index in [-0.39, 0.29) is 16.8 Å². The van der Waals surface area contributed by atoms with Crippen molar-refractivity contribution in [3.05, 3.63) is 69.3 Å². The Bertz CT molecular complexity index is 1040. The number of aryl methyl sites for hydroxylation is 1. The molecule has 154 valence electrons. The van der Waals surface area contributed by atoms with Crippen molar-refractivity contribution in [2.45, 2.75) is 19.9 Å². The van der Waals surface area contributed by atoms with E-state index in [1.807, 2.05) is 0 Å². The van der Waals surface area contributed by atoms with Crippen molar-refractivity contribution in [3.63, 3.8) is 0 Å². The lowest BCUT2D eigenvalue weighted by molar-refractivity contribution is -0.384. The smallest absolute Gasteiger partial charge is 0.329 e. The van der Waals surface area contributed by atoms with Crippen LogP contribution in [0.4, 0.5) is 11.4 Å². The van der Waals surface area contributed by atoms with Crippen molar-refractivity contribution < 1.29 is 28.8 Å². The number of nitrogens with one attached hydrogen (secondary N) is 1. The molecule has 1 atom stereocenters. The number of carbonyl (C=O) groups excluding carboxylic acids is 4. The molecular weight excluding hydrogens is 394 g/mol. The van der Waals surface area contributed by atoms with Crippen molar-refractivity contribution in [3.8, 4) is 0 Å². The number of imide groups is 1. The molecule has 1 aliphatic heterocycles. The number of anilines is 1. The van der Waals surface area contributed by atoms with E-state index in [1.165, 1.54) is 37.3 Å². The van der Waals surface area contributed by atoms with Gasteiger partial charge in [0.2, 0.25) is 0 Å². The number of esters is 1. The van der Waals surface area contributed by atoms with Crippen molar-refractivity contribution in [2.75, 3.05) is 11.9 Å². The standard InChI is InChI=1S/C20H17N3O7/c1-11-9-13(23(28)29)7-8-16(11)21-17(24)10-30-20(27)12(2)22-18(25)14-5-3-4-6-15(14)19(22)26/h3-9,12H,10H2,1-2H3,(H,21,24)/t12-/m1/s1. The summed E-state index contributed by atoms with van der Waals surface area (Å²) in [4.78, 5) is 60.2. The molecule has 0 bridgehead atoms. The first-order chi connectivity index (χ1) is 14.2. The molecule has 0 aromatic heterocycles. The van der Waals surface area contributed by atoms with Crippen molar-refractivity contribution in [1.29, 1.82) is 0 Å². The highest BCUT2D eigenvalue weighted by molar-refractivity contribution is 6.22. The van der Waals surface area contributed by atoms with Gasteiger partial charge in [-0.15, -0.1) is 0 Å². The predicted octanol–water partition coefficient (Wildman–Crippen LogP) is 2.07. The maximum absolute atomic E-state index is 12.4. The third kappa shape index (κ3) is 3.88. The number of non-ortho nitro benzene ring substituents is 1. The van der Waals surface area contributed by atoms with Crippen molar-refractivity contribution in [1.82, 2.24) is 4.90 Å². The zero-order valence-corrected chi connectivity index (χ0v) is 16.1. The minimum atomic E-state index is -1.22. The Balaban J connectivity index is 1.59. The van der Waals surface area contributed by atoms with Gasteiger partial charge in [0.05, 0.1) is 16.1 Å². The molecule has 0 saturated heterocycles. The second kappa shape index (κ2) is 8.11. The monoisotopic (exact) mass is 411 g/mol. The van der Waals surface area contributed by atoms with Gasteiger partial charge in [0.25, 0.3) is 23.4 Å². The van der Waals surface area contributed by atoms with E-state index in [9.17, 15) is 29.3 Å². The molecule has 3 rings (SSSR count). The highest BCUT2D eigenvalue weighted by Gasteiger charge is 2.41. The minimum absolute atomic E-state index is 0.119. The molecule has 30 heavy (non-hydrogen) atoms. The highest BCUT2D eigenvalue weighted by atomic mass is 16.6. The third-order valence-electron chi connectivity index (χ3n) is 4.59. The van der Waals surface area contributed by atoms with Crippen molar-refractivity contribution >= 4 is 35.1 Å². The SMILES string of the molecule is Cc1cc([N+](=O)[O-])ccc1NC(=O)COC(=O)[C@@H](C)N1C(=O)c2ccccc2C1=O. The van der Waals surface area contributed by atoms with Gasteiger partial charge in [0, 0.05) is 17.8 Å². The van der Waals surface area contributed by atoms with Crippen LogP contribution in [0.2, 0.25) is 0 Å². The van der Waals surface area contributed by atoms with E-state index in [0.29, 0.717) is 11.3 Å². The molecule has 0 unspecified atom stereocenters. The number of ether oxygens (including phenoxy) is 1. The van der Waals surface area contributed by atoms with Gasteiger partial charge in [0.15, 0.2) is 6.61 Å². The zero-order chi connectivity index (χ0) is 22.0. The summed E-state index contributed by atoms with van der Waals surface area (Å²) in [5.41, 5.74) is 1.08. The maximum Gasteiger partial charge on any atom is 0.329 e. The molecular formula is C20H17N3O7. The van der Waals surface area contributed by atoms with Crippen LogP contribution in [-0.4, -0.2) is 46.2 Å². The lowest BCUT2D eigenvalue weighted by atomic mass is 10.1. The summed E-state index contributed by atoms with van der Waals surface area (Å²) in [5.74, 6) is -2.80. The number of hydrogen-bond acceptors (Lipinski definition) is 7. The molecule has 0 spiro atoms. The third-order valence-corrected chi connectivity index (χ3v) is 4.59. The summed E-state index contributed by atoms with van der Waals surface area (Å²) in [6.45, 7) is 2.27. The molecule has 0 fully saturated rings. The summed E-state index contributed by atoms with van der Waals surface area (Å²) in [7, 11) is 0. The Kier molecular flexibility index (Phi) is 5.58. The average molecular weight is 411 g/mol. The summed E-state index contributed by atoms with van der Waals surface area (Å²) >= 11 is 0. The number of nitro groups is 1. The van der Waals surface area contributed by atoms with E-state index in [2.05, 4.69) is 5.32 Å². The predicted molar refractivity (Wildman–Crippen MR) is 104 cm³/mol. The molecule has 1 heterocycles. The Labute approximate surface area is 170 Å². The van der Waals surface area contributed by atoms with Crippen LogP contribution in [0.15, 0.2) is 42.5 Å². The highest BCUT2D eigenvalue weighted by Crippen LogP contribution is 2.25. The second-order valence-electron chi connectivity index (χ2n) is 6.61. The van der Waals surface area contributed by atoms with E-state index in [4.69, 9.17) is 4.74 Å². The lowest BCUT2D eigenvalue weighted by Crippen LogP contribution is -2.44. The zero-order valence-electron chi connectivity index (χ0n) is 16.1. The topological polar surface area (TPSA) is 136 Å². The fourth-order valence-electron chi connectivity index (χ4n) is 3.01. The number of rotatable bonds is 6. The van der Waals surface area contributed by atoms with E-state index in [0.717, 1.165) is 4.90 Å². The fraction of sp³-hybridized carbons (Fsp3) is 0.200. The number of amides is 3. The van der Waals surface area contributed by atoms with Gasteiger partial charge in [-0.1, -0.05) is 12.1 Å². The van der Waals surface area contributed by atoms with Crippen LogP contribution < -0.4 is 5.32 Å². The molecule has 0 radical (unpaired) electrons. The quantitative estimate of drug-likeness (QED) is 0.333. The van der Waals surface area contributed by atoms with Gasteiger partial charge < -0.3 is 10.1 Å². The van der Waals surface area contributed by atoms with Crippen LogP contribution >= 0.6 is 0 Å². The largest absolute Gasteiger partial charge is 0.454 e. The fourth-order valence-corrected chi connectivity index (χ4v) is 3.01. The number of nitrogens with zero attached hydrogens (tertiary/aromatic N) is 2. The first-order valence-electron chi connectivity index (χ1n) is 8.89. The van der Waals surface area contributed by atoms with E-state index in [1.54, 1.807) is 19.1 Å². The molecule has 0 saturated carbocycles. The van der Waals surface area contributed by atoms with E-state index >= 15 is 0 Å². The van der Waals surface area contributed by atoms with Crippen LogP contribution in [0.5, 0.6) is 0 Å². The lowest BCUT2D eigenvalue weighted by Gasteiger charge is -2.20. The number of benzene rings is 2. The molecule has 2 aromatic rings. The first-order valence-corrected chi connectivity index (χ1v) is 8.89. The molecule has 3 amide bonds. The van der Waals surface area contributed by atoms with Crippen LogP contribution in [0.3, 0.4) is 0 Å². The summed E-state index contributed by atoms with van der Waals surface area (Å²) in [6.07, 6.45) is 0. The molecule has 10 nitrogen and oxygen atoms in total. The molecule has 2 aromatic carbocycles. The molecule has 1 N–H and O–H groups in total. The van der Waals surface area contributed by atoms with Gasteiger partial charge in [-0.25, -0.2) is 4.79 Å². The van der Waals surface area contributed by atoms with Crippen molar-refractivity contribution in [2.24, 2.45) is 0 Å². The Hall–Kier alpha value is -4.08. The van der Waals surface area contributed by atoms with Gasteiger partial charge in [0.1, 0.15) is 6.04 Å².